The van der Waals surface area contributed by atoms with Gasteiger partial charge in [-0.1, -0.05) is 36.4 Å². The molecule has 1 atom stereocenters. The van der Waals surface area contributed by atoms with Crippen LogP contribution in [0, 0.1) is 0 Å². The first-order valence-corrected chi connectivity index (χ1v) is 5.20. The Bertz CT molecular complexity index is 367. The Morgan fingerprint density at radius 3 is 2.65 bits per heavy atom. The van der Waals surface area contributed by atoms with Crippen molar-refractivity contribution in [2.24, 2.45) is 5.73 Å². The zero-order chi connectivity index (χ0) is 12.7. The average molecular weight is 236 g/mol. The molecule has 0 fully saturated rings. The van der Waals surface area contributed by atoms with Gasteiger partial charge >= 0.3 is 6.09 Å². The summed E-state index contributed by atoms with van der Waals surface area (Å²) in [6, 6.07) is 8.76. The second-order valence-corrected chi connectivity index (χ2v) is 3.41. The monoisotopic (exact) mass is 236 g/mol. The van der Waals surface area contributed by atoms with E-state index in [2.05, 4.69) is 6.58 Å². The van der Waals surface area contributed by atoms with E-state index in [0.717, 1.165) is 10.6 Å². The highest BCUT2D eigenvalue weighted by atomic mass is 16.7. The summed E-state index contributed by atoms with van der Waals surface area (Å²) in [6.45, 7) is 3.83. The van der Waals surface area contributed by atoms with Gasteiger partial charge in [0.15, 0.2) is 0 Å². The van der Waals surface area contributed by atoms with Crippen molar-refractivity contribution < 1.29 is 14.7 Å². The van der Waals surface area contributed by atoms with Crippen molar-refractivity contribution in [3.63, 3.8) is 0 Å². The van der Waals surface area contributed by atoms with Crippen LogP contribution in [0.3, 0.4) is 0 Å². The van der Waals surface area contributed by atoms with Crippen LogP contribution in [0.2, 0.25) is 0 Å². The SMILES string of the molecule is C=CC(CN)N(OCc1ccccc1)C(=O)O. The standard InChI is InChI=1S/C12H16N2O3/c1-2-11(8-13)14(12(15)16)17-9-10-6-4-3-5-7-10/h2-7,11H,1,8-9,13H2,(H,15,16). The molecule has 1 unspecified atom stereocenters. The first kappa shape index (κ1) is 13.2. The number of hydroxylamine groups is 2. The molecular formula is C12H16N2O3. The first-order chi connectivity index (χ1) is 8.19. The zero-order valence-electron chi connectivity index (χ0n) is 9.45. The quantitative estimate of drug-likeness (QED) is 0.581. The van der Waals surface area contributed by atoms with Gasteiger partial charge < -0.3 is 10.8 Å². The van der Waals surface area contributed by atoms with E-state index in [1.165, 1.54) is 6.08 Å². The number of amides is 1. The molecule has 1 rings (SSSR count). The molecule has 0 saturated heterocycles. The molecule has 0 radical (unpaired) electrons. The molecule has 17 heavy (non-hydrogen) atoms. The van der Waals surface area contributed by atoms with E-state index in [4.69, 9.17) is 15.7 Å². The Balaban J connectivity index is 2.62. The lowest BCUT2D eigenvalue weighted by atomic mass is 10.2. The van der Waals surface area contributed by atoms with Gasteiger partial charge in [-0.15, -0.1) is 6.58 Å². The lowest BCUT2D eigenvalue weighted by Crippen LogP contribution is -2.42. The van der Waals surface area contributed by atoms with Gasteiger partial charge in [-0.2, -0.15) is 5.06 Å². The largest absolute Gasteiger partial charge is 0.463 e. The van der Waals surface area contributed by atoms with Crippen LogP contribution in [0.5, 0.6) is 0 Å². The van der Waals surface area contributed by atoms with E-state index in [-0.39, 0.29) is 13.2 Å². The maximum atomic E-state index is 11.0. The second kappa shape index (κ2) is 6.67. The number of carbonyl (C=O) groups is 1. The summed E-state index contributed by atoms with van der Waals surface area (Å²) >= 11 is 0. The minimum Gasteiger partial charge on any atom is -0.463 e. The van der Waals surface area contributed by atoms with Crippen LogP contribution >= 0.6 is 0 Å². The van der Waals surface area contributed by atoms with E-state index < -0.39 is 12.1 Å². The van der Waals surface area contributed by atoms with Crippen molar-refractivity contribution in [3.05, 3.63) is 48.6 Å². The van der Waals surface area contributed by atoms with E-state index in [9.17, 15) is 4.79 Å². The van der Waals surface area contributed by atoms with Crippen LogP contribution in [0.4, 0.5) is 4.79 Å². The van der Waals surface area contributed by atoms with Gasteiger partial charge in [0.1, 0.15) is 6.61 Å². The summed E-state index contributed by atoms with van der Waals surface area (Å²) in [4.78, 5) is 16.2. The summed E-state index contributed by atoms with van der Waals surface area (Å²) in [5.74, 6) is 0. The van der Waals surface area contributed by atoms with E-state index >= 15 is 0 Å². The maximum absolute atomic E-state index is 11.0. The summed E-state index contributed by atoms with van der Waals surface area (Å²) in [7, 11) is 0. The molecule has 0 spiro atoms. The van der Waals surface area contributed by atoms with Crippen LogP contribution in [-0.2, 0) is 11.4 Å². The topological polar surface area (TPSA) is 75.8 Å². The molecule has 5 nitrogen and oxygen atoms in total. The van der Waals surface area contributed by atoms with Crippen molar-refractivity contribution in [2.45, 2.75) is 12.6 Å². The lowest BCUT2D eigenvalue weighted by molar-refractivity contribution is -0.155. The van der Waals surface area contributed by atoms with Crippen molar-refractivity contribution in [1.82, 2.24) is 5.06 Å². The van der Waals surface area contributed by atoms with Gasteiger partial charge in [-0.25, -0.2) is 4.79 Å². The molecule has 0 aromatic heterocycles. The minimum atomic E-state index is -1.18. The molecule has 0 aliphatic heterocycles. The van der Waals surface area contributed by atoms with Gasteiger partial charge in [0, 0.05) is 6.54 Å². The Labute approximate surface area is 100 Å². The van der Waals surface area contributed by atoms with Crippen LogP contribution in [-0.4, -0.2) is 28.8 Å². The normalized spacial score (nSPS) is 11.8. The number of rotatable bonds is 6. The summed E-state index contributed by atoms with van der Waals surface area (Å²) in [6.07, 6.45) is 0.260. The number of hydrogen-bond acceptors (Lipinski definition) is 3. The predicted molar refractivity (Wildman–Crippen MR) is 64.1 cm³/mol. The fraction of sp³-hybridized carbons (Fsp3) is 0.250. The molecule has 1 aromatic rings. The minimum absolute atomic E-state index is 0.130. The van der Waals surface area contributed by atoms with Crippen molar-refractivity contribution >= 4 is 6.09 Å². The zero-order valence-corrected chi connectivity index (χ0v) is 9.45. The molecular weight excluding hydrogens is 220 g/mol. The first-order valence-electron chi connectivity index (χ1n) is 5.20. The number of benzene rings is 1. The predicted octanol–water partition coefficient (Wildman–Crippen LogP) is 1.61. The van der Waals surface area contributed by atoms with Crippen LogP contribution in [0.25, 0.3) is 0 Å². The Kier molecular flexibility index (Phi) is 5.19. The van der Waals surface area contributed by atoms with Crippen molar-refractivity contribution in [2.75, 3.05) is 6.54 Å². The maximum Gasteiger partial charge on any atom is 0.432 e. The fourth-order valence-electron chi connectivity index (χ4n) is 1.30. The lowest BCUT2D eigenvalue weighted by Gasteiger charge is -2.24. The van der Waals surface area contributed by atoms with E-state index in [1.807, 2.05) is 30.3 Å². The molecule has 3 N–H and O–H groups in total. The van der Waals surface area contributed by atoms with E-state index in [1.54, 1.807) is 0 Å². The van der Waals surface area contributed by atoms with Crippen LogP contribution in [0.1, 0.15) is 5.56 Å². The number of nitrogens with zero attached hydrogens (tertiary/aromatic N) is 1. The van der Waals surface area contributed by atoms with Crippen molar-refractivity contribution in [3.8, 4) is 0 Å². The third-order valence-electron chi connectivity index (χ3n) is 2.22. The molecule has 1 aromatic carbocycles. The van der Waals surface area contributed by atoms with Crippen molar-refractivity contribution in [1.29, 1.82) is 0 Å². The summed E-state index contributed by atoms with van der Waals surface area (Å²) < 4.78 is 0. The van der Waals surface area contributed by atoms with Gasteiger partial charge in [-0.05, 0) is 5.56 Å². The van der Waals surface area contributed by atoms with E-state index in [0.29, 0.717) is 0 Å². The van der Waals surface area contributed by atoms with Gasteiger partial charge in [-0.3, -0.25) is 4.84 Å². The van der Waals surface area contributed by atoms with Gasteiger partial charge in [0.05, 0.1) is 6.04 Å². The number of hydrogen-bond donors (Lipinski definition) is 2. The molecule has 0 aliphatic rings. The molecule has 1 amide bonds. The highest BCUT2D eigenvalue weighted by Crippen LogP contribution is 2.07. The third-order valence-corrected chi connectivity index (χ3v) is 2.22. The number of carboxylic acid groups (broad SMARTS) is 1. The van der Waals surface area contributed by atoms with Gasteiger partial charge in [0.25, 0.3) is 0 Å². The Hall–Kier alpha value is -1.85. The van der Waals surface area contributed by atoms with Crippen LogP contribution in [0.15, 0.2) is 43.0 Å². The average Bonchev–Trinajstić information content (AvgIpc) is 2.35. The summed E-state index contributed by atoms with van der Waals surface area (Å²) in [5.41, 5.74) is 6.32. The third kappa shape index (κ3) is 3.90. The fourth-order valence-corrected chi connectivity index (χ4v) is 1.30. The number of nitrogens with two attached hydrogens (primary N) is 1. The van der Waals surface area contributed by atoms with Crippen LogP contribution < -0.4 is 5.73 Å². The van der Waals surface area contributed by atoms with Gasteiger partial charge in [0.2, 0.25) is 0 Å². The summed E-state index contributed by atoms with van der Waals surface area (Å²) in [5, 5.41) is 9.80. The molecule has 5 heteroatoms. The smallest absolute Gasteiger partial charge is 0.432 e. The molecule has 92 valence electrons. The molecule has 0 saturated carbocycles. The molecule has 0 bridgehead atoms. The molecule has 0 aliphatic carbocycles. The molecule has 0 heterocycles. The highest BCUT2D eigenvalue weighted by Gasteiger charge is 2.20. The highest BCUT2D eigenvalue weighted by molar-refractivity contribution is 5.64. The Morgan fingerprint density at radius 2 is 2.18 bits per heavy atom. The Morgan fingerprint density at radius 1 is 1.53 bits per heavy atom. The second-order valence-electron chi connectivity index (χ2n) is 3.41.